The Labute approximate surface area is 178 Å². The van der Waals surface area contributed by atoms with E-state index in [-0.39, 0.29) is 48.8 Å². The lowest BCUT2D eigenvalue weighted by Gasteiger charge is -2.34. The first-order chi connectivity index (χ1) is 14.8. The molecule has 1 saturated heterocycles. The van der Waals surface area contributed by atoms with Crippen molar-refractivity contribution in [3.05, 3.63) is 59.7 Å². The largest absolute Gasteiger partial charge is 0.336 e. The van der Waals surface area contributed by atoms with Crippen molar-refractivity contribution in [1.29, 1.82) is 0 Å². The first-order valence-electron chi connectivity index (χ1n) is 9.91. The molecule has 0 bridgehead atoms. The highest BCUT2D eigenvalue weighted by Crippen LogP contribution is 2.30. The summed E-state index contributed by atoms with van der Waals surface area (Å²) in [5, 5.41) is 2.81. The van der Waals surface area contributed by atoms with Gasteiger partial charge in [-0.1, -0.05) is 0 Å². The number of carbonyl (C=O) groups excluding carboxylic acids is 2. The molecule has 1 N–H and O–H groups in total. The number of hydrogen-bond donors (Lipinski definition) is 1. The zero-order valence-corrected chi connectivity index (χ0v) is 17.4. The summed E-state index contributed by atoms with van der Waals surface area (Å²) in [6.07, 6.45) is 1.81. The number of anilines is 1. The average Bonchev–Trinajstić information content (AvgIpc) is 3.61. The van der Waals surface area contributed by atoms with Crippen LogP contribution in [0.3, 0.4) is 0 Å². The standard InChI is InChI=1S/C21H21F2N3O4S/c22-18-8-7-17(13-19(18)23)31(29,30)26-11-9-25(10-12-26)21(28)15-3-5-16(6-4-15)24-20(27)14-1-2-14/h3-8,13-14H,1-2,9-12H2,(H,24,27). The highest BCUT2D eigenvalue weighted by molar-refractivity contribution is 7.89. The Balaban J connectivity index is 1.37. The van der Waals surface area contributed by atoms with Gasteiger partial charge in [-0.25, -0.2) is 17.2 Å². The lowest BCUT2D eigenvalue weighted by Crippen LogP contribution is -2.50. The summed E-state index contributed by atoms with van der Waals surface area (Å²) < 4.78 is 53.0. The normalized spacial score (nSPS) is 17.4. The van der Waals surface area contributed by atoms with Crippen LogP contribution in [0.25, 0.3) is 0 Å². The number of nitrogens with zero attached hydrogens (tertiary/aromatic N) is 2. The van der Waals surface area contributed by atoms with Gasteiger partial charge in [-0.3, -0.25) is 9.59 Å². The van der Waals surface area contributed by atoms with Crippen molar-refractivity contribution in [2.45, 2.75) is 17.7 Å². The number of sulfonamides is 1. The van der Waals surface area contributed by atoms with Gasteiger partial charge < -0.3 is 10.2 Å². The molecule has 0 radical (unpaired) electrons. The number of piperazine rings is 1. The van der Waals surface area contributed by atoms with Crippen molar-refractivity contribution >= 4 is 27.5 Å². The molecule has 2 aromatic carbocycles. The second-order valence-electron chi connectivity index (χ2n) is 7.61. The number of benzene rings is 2. The van der Waals surface area contributed by atoms with Gasteiger partial charge in [0.05, 0.1) is 4.90 Å². The zero-order valence-electron chi connectivity index (χ0n) is 16.6. The third-order valence-electron chi connectivity index (χ3n) is 5.40. The molecule has 164 valence electrons. The number of hydrogen-bond acceptors (Lipinski definition) is 4. The lowest BCUT2D eigenvalue weighted by atomic mass is 10.1. The van der Waals surface area contributed by atoms with Crippen LogP contribution < -0.4 is 5.32 Å². The first-order valence-corrected chi connectivity index (χ1v) is 11.3. The van der Waals surface area contributed by atoms with Crippen LogP contribution in [0, 0.1) is 17.6 Å². The van der Waals surface area contributed by atoms with Crippen molar-refractivity contribution in [2.24, 2.45) is 5.92 Å². The maximum Gasteiger partial charge on any atom is 0.253 e. The minimum absolute atomic E-state index is 0.0163. The van der Waals surface area contributed by atoms with E-state index in [0.29, 0.717) is 17.3 Å². The van der Waals surface area contributed by atoms with Crippen LogP contribution in [0.2, 0.25) is 0 Å². The Morgan fingerprint density at radius 2 is 1.55 bits per heavy atom. The van der Waals surface area contributed by atoms with E-state index in [9.17, 15) is 26.8 Å². The minimum atomic E-state index is -3.99. The highest BCUT2D eigenvalue weighted by Gasteiger charge is 2.31. The van der Waals surface area contributed by atoms with Crippen LogP contribution in [-0.2, 0) is 14.8 Å². The quantitative estimate of drug-likeness (QED) is 0.760. The Morgan fingerprint density at radius 3 is 2.13 bits per heavy atom. The minimum Gasteiger partial charge on any atom is -0.336 e. The van der Waals surface area contributed by atoms with Gasteiger partial charge in [0.2, 0.25) is 15.9 Å². The molecular weight excluding hydrogens is 428 g/mol. The van der Waals surface area contributed by atoms with Crippen LogP contribution in [0.5, 0.6) is 0 Å². The topological polar surface area (TPSA) is 86.8 Å². The van der Waals surface area contributed by atoms with Crippen LogP contribution in [0.15, 0.2) is 47.4 Å². The molecule has 7 nitrogen and oxygen atoms in total. The molecule has 0 atom stereocenters. The van der Waals surface area contributed by atoms with Gasteiger partial charge in [0.25, 0.3) is 5.91 Å². The van der Waals surface area contributed by atoms with Gasteiger partial charge in [0, 0.05) is 43.3 Å². The van der Waals surface area contributed by atoms with Crippen molar-refractivity contribution < 1.29 is 26.8 Å². The molecule has 0 aromatic heterocycles. The van der Waals surface area contributed by atoms with Crippen LogP contribution >= 0.6 is 0 Å². The third kappa shape index (κ3) is 4.59. The predicted octanol–water partition coefficient (Wildman–Crippen LogP) is 2.46. The van der Waals surface area contributed by atoms with Gasteiger partial charge in [0.1, 0.15) is 0 Å². The van der Waals surface area contributed by atoms with Crippen molar-refractivity contribution in [2.75, 3.05) is 31.5 Å². The number of halogens is 2. The summed E-state index contributed by atoms with van der Waals surface area (Å²) in [5.74, 6) is -2.53. The summed E-state index contributed by atoms with van der Waals surface area (Å²) in [6, 6.07) is 9.03. The molecule has 0 spiro atoms. The molecule has 0 unspecified atom stereocenters. The number of amides is 2. The molecule has 1 aliphatic heterocycles. The number of rotatable bonds is 5. The van der Waals surface area contributed by atoms with E-state index in [4.69, 9.17) is 0 Å². The summed E-state index contributed by atoms with van der Waals surface area (Å²) in [5.41, 5.74) is 1.05. The third-order valence-corrected chi connectivity index (χ3v) is 7.30. The monoisotopic (exact) mass is 449 g/mol. The van der Waals surface area contributed by atoms with E-state index in [1.807, 2.05) is 0 Å². The van der Waals surface area contributed by atoms with Crippen molar-refractivity contribution in [1.82, 2.24) is 9.21 Å². The first kappa shape index (κ1) is 21.4. The fraction of sp³-hybridized carbons (Fsp3) is 0.333. The Bertz CT molecular complexity index is 1110. The maximum atomic E-state index is 13.4. The van der Waals surface area contributed by atoms with Crippen LogP contribution in [0.1, 0.15) is 23.2 Å². The van der Waals surface area contributed by atoms with Crippen LogP contribution in [-0.4, -0.2) is 55.6 Å². The molecule has 10 heteroatoms. The van der Waals surface area contributed by atoms with Gasteiger partial charge in [-0.15, -0.1) is 0 Å². The summed E-state index contributed by atoms with van der Waals surface area (Å²) in [7, 11) is -3.99. The van der Waals surface area contributed by atoms with E-state index >= 15 is 0 Å². The Hall–Kier alpha value is -2.85. The smallest absolute Gasteiger partial charge is 0.253 e. The Morgan fingerprint density at radius 1 is 0.903 bits per heavy atom. The van der Waals surface area contributed by atoms with E-state index in [0.717, 1.165) is 29.3 Å². The van der Waals surface area contributed by atoms with Gasteiger partial charge in [0.15, 0.2) is 11.6 Å². The summed E-state index contributed by atoms with van der Waals surface area (Å²) in [6.45, 7) is 0.426. The average molecular weight is 449 g/mol. The van der Waals surface area contributed by atoms with Gasteiger partial charge >= 0.3 is 0 Å². The lowest BCUT2D eigenvalue weighted by molar-refractivity contribution is -0.117. The van der Waals surface area contributed by atoms with E-state index in [1.54, 1.807) is 24.3 Å². The summed E-state index contributed by atoms with van der Waals surface area (Å²) >= 11 is 0. The molecule has 4 rings (SSSR count). The van der Waals surface area contributed by atoms with Gasteiger partial charge in [-0.2, -0.15) is 4.31 Å². The van der Waals surface area contributed by atoms with Crippen molar-refractivity contribution in [3.63, 3.8) is 0 Å². The maximum absolute atomic E-state index is 13.4. The van der Waals surface area contributed by atoms with Gasteiger partial charge in [-0.05, 0) is 55.3 Å². The molecular formula is C21H21F2N3O4S. The SMILES string of the molecule is O=C(Nc1ccc(C(=O)N2CCN(S(=O)(=O)c3ccc(F)c(F)c3)CC2)cc1)C1CC1. The van der Waals surface area contributed by atoms with Crippen molar-refractivity contribution in [3.8, 4) is 0 Å². The molecule has 1 aliphatic carbocycles. The van der Waals surface area contributed by atoms with Crippen LogP contribution in [0.4, 0.5) is 14.5 Å². The fourth-order valence-corrected chi connectivity index (χ4v) is 4.82. The fourth-order valence-electron chi connectivity index (χ4n) is 3.39. The number of carbonyl (C=O) groups is 2. The van der Waals surface area contributed by atoms with E-state index < -0.39 is 21.7 Å². The highest BCUT2D eigenvalue weighted by atomic mass is 32.2. The Kier molecular flexibility index (Phi) is 5.76. The molecule has 2 aromatic rings. The molecule has 2 fully saturated rings. The molecule has 2 aliphatic rings. The second kappa shape index (κ2) is 8.35. The molecule has 31 heavy (non-hydrogen) atoms. The molecule has 2 amide bonds. The molecule has 1 saturated carbocycles. The molecule has 1 heterocycles. The summed E-state index contributed by atoms with van der Waals surface area (Å²) in [4.78, 5) is 25.8. The zero-order chi connectivity index (χ0) is 22.2. The number of nitrogens with one attached hydrogen (secondary N) is 1. The second-order valence-corrected chi connectivity index (χ2v) is 9.55. The van der Waals surface area contributed by atoms with E-state index in [1.165, 1.54) is 4.90 Å². The van der Waals surface area contributed by atoms with E-state index in [2.05, 4.69) is 5.32 Å². The predicted molar refractivity (Wildman–Crippen MR) is 109 cm³/mol.